The summed E-state index contributed by atoms with van der Waals surface area (Å²) in [5.74, 6) is -0.451. The van der Waals surface area contributed by atoms with E-state index in [1.807, 2.05) is 0 Å². The van der Waals surface area contributed by atoms with Gasteiger partial charge in [0.1, 0.15) is 10.7 Å². The van der Waals surface area contributed by atoms with E-state index in [1.54, 1.807) is 12.1 Å². The van der Waals surface area contributed by atoms with E-state index in [2.05, 4.69) is 31.9 Å². The molecular formula is C12H11Br2FN2O3S. The minimum absolute atomic E-state index is 0.00443. The third kappa shape index (κ3) is 3.47. The molecule has 0 saturated carbocycles. The standard InChI is InChI=1S/C12H11Br2FN2O3S/c1-17(6-8-2-3-11(14)20-8)21(18,19)10-5-7(16)4-9(13)12(10)15/h2-5H,6,16H2,1H3. The minimum Gasteiger partial charge on any atom is -0.453 e. The Kier molecular flexibility index (Phi) is 4.76. The maximum Gasteiger partial charge on any atom is 0.246 e. The molecule has 0 aliphatic carbocycles. The van der Waals surface area contributed by atoms with E-state index in [0.717, 1.165) is 10.4 Å². The fourth-order valence-electron chi connectivity index (χ4n) is 1.68. The van der Waals surface area contributed by atoms with Crippen molar-refractivity contribution >= 4 is 47.6 Å². The van der Waals surface area contributed by atoms with Crippen molar-refractivity contribution in [3.8, 4) is 0 Å². The zero-order valence-electron chi connectivity index (χ0n) is 10.8. The second-order valence-corrected chi connectivity index (χ2v) is 7.93. The lowest BCUT2D eigenvalue weighted by Crippen LogP contribution is -2.27. The van der Waals surface area contributed by atoms with Crippen LogP contribution in [-0.2, 0) is 16.6 Å². The Labute approximate surface area is 138 Å². The van der Waals surface area contributed by atoms with Crippen LogP contribution in [0.3, 0.4) is 0 Å². The number of rotatable bonds is 4. The van der Waals surface area contributed by atoms with Gasteiger partial charge in [-0.25, -0.2) is 12.8 Å². The average molecular weight is 442 g/mol. The highest BCUT2D eigenvalue weighted by Crippen LogP contribution is 2.28. The van der Waals surface area contributed by atoms with Gasteiger partial charge in [0.15, 0.2) is 10.5 Å². The van der Waals surface area contributed by atoms with E-state index in [9.17, 15) is 12.8 Å². The van der Waals surface area contributed by atoms with Gasteiger partial charge in [0.05, 0.1) is 11.0 Å². The molecule has 0 bridgehead atoms. The average Bonchev–Trinajstić information content (AvgIpc) is 2.79. The monoisotopic (exact) mass is 440 g/mol. The Morgan fingerprint density at radius 3 is 2.57 bits per heavy atom. The molecule has 1 heterocycles. The summed E-state index contributed by atoms with van der Waals surface area (Å²) in [4.78, 5) is -0.484. The van der Waals surface area contributed by atoms with Crippen LogP contribution in [0.1, 0.15) is 5.76 Å². The molecule has 0 aliphatic heterocycles. The van der Waals surface area contributed by atoms with Crippen molar-refractivity contribution in [2.45, 2.75) is 11.4 Å². The summed E-state index contributed by atoms with van der Waals surface area (Å²) in [6.07, 6.45) is 0. The van der Waals surface area contributed by atoms with Crippen LogP contribution >= 0.6 is 31.9 Å². The highest BCUT2D eigenvalue weighted by atomic mass is 79.9. The summed E-state index contributed by atoms with van der Waals surface area (Å²) >= 11 is 6.08. The topological polar surface area (TPSA) is 76.5 Å². The number of anilines is 1. The molecule has 9 heteroatoms. The highest BCUT2D eigenvalue weighted by Gasteiger charge is 2.27. The number of nitrogens with two attached hydrogens (primary N) is 1. The third-order valence-corrected chi connectivity index (χ3v) is 5.52. The summed E-state index contributed by atoms with van der Waals surface area (Å²) in [5.41, 5.74) is 5.73. The molecule has 0 atom stereocenters. The summed E-state index contributed by atoms with van der Waals surface area (Å²) in [6.45, 7) is -0.0280. The van der Waals surface area contributed by atoms with E-state index in [-0.39, 0.29) is 16.7 Å². The summed E-state index contributed by atoms with van der Waals surface area (Å²) in [7, 11) is -2.69. The normalized spacial score (nSPS) is 12.0. The van der Waals surface area contributed by atoms with Crippen molar-refractivity contribution in [3.05, 3.63) is 45.0 Å². The van der Waals surface area contributed by atoms with Crippen molar-refractivity contribution in [1.82, 2.24) is 4.31 Å². The third-order valence-electron chi connectivity index (χ3n) is 2.71. The first-order valence-electron chi connectivity index (χ1n) is 5.67. The highest BCUT2D eigenvalue weighted by molar-refractivity contribution is 9.10. The zero-order valence-corrected chi connectivity index (χ0v) is 14.8. The Morgan fingerprint density at radius 2 is 2.00 bits per heavy atom. The van der Waals surface area contributed by atoms with E-state index < -0.39 is 20.7 Å². The van der Waals surface area contributed by atoms with Crippen molar-refractivity contribution < 1.29 is 17.2 Å². The molecule has 114 valence electrons. The van der Waals surface area contributed by atoms with Gasteiger partial charge < -0.3 is 10.2 Å². The van der Waals surface area contributed by atoms with Crippen molar-refractivity contribution in [2.75, 3.05) is 12.8 Å². The minimum atomic E-state index is -4.03. The second-order valence-electron chi connectivity index (χ2n) is 4.28. The first kappa shape index (κ1) is 16.5. The van der Waals surface area contributed by atoms with Gasteiger partial charge in [-0.1, -0.05) is 0 Å². The van der Waals surface area contributed by atoms with Gasteiger partial charge in [-0.3, -0.25) is 0 Å². The Balaban J connectivity index is 2.37. The predicted molar refractivity (Wildman–Crippen MR) is 83.6 cm³/mol. The first-order valence-corrected chi connectivity index (χ1v) is 8.69. The lowest BCUT2D eigenvalue weighted by atomic mass is 10.3. The fourth-order valence-corrected chi connectivity index (χ4v) is 3.88. The molecular weight excluding hydrogens is 431 g/mol. The fraction of sp³-hybridized carbons (Fsp3) is 0.167. The lowest BCUT2D eigenvalue weighted by Gasteiger charge is -2.17. The van der Waals surface area contributed by atoms with Crippen LogP contribution in [0.25, 0.3) is 0 Å². The van der Waals surface area contributed by atoms with Crippen LogP contribution in [0.5, 0.6) is 0 Å². The molecule has 2 rings (SSSR count). The quantitative estimate of drug-likeness (QED) is 0.738. The van der Waals surface area contributed by atoms with Crippen molar-refractivity contribution in [2.24, 2.45) is 0 Å². The number of furan rings is 1. The van der Waals surface area contributed by atoms with Gasteiger partial charge in [0.2, 0.25) is 10.0 Å². The first-order chi connectivity index (χ1) is 9.71. The number of nitrogens with zero attached hydrogens (tertiary/aromatic N) is 1. The molecule has 0 unspecified atom stereocenters. The molecule has 21 heavy (non-hydrogen) atoms. The Bertz CT molecular complexity index is 777. The smallest absolute Gasteiger partial charge is 0.246 e. The van der Waals surface area contributed by atoms with Crippen molar-refractivity contribution in [3.63, 3.8) is 0 Å². The number of hydrogen-bond acceptors (Lipinski definition) is 4. The molecule has 0 aliphatic rings. The summed E-state index contributed by atoms with van der Waals surface area (Å²) < 4.78 is 45.6. The zero-order chi connectivity index (χ0) is 15.8. The number of halogens is 3. The van der Waals surface area contributed by atoms with Crippen molar-refractivity contribution in [1.29, 1.82) is 0 Å². The van der Waals surface area contributed by atoms with Gasteiger partial charge in [0, 0.05) is 12.7 Å². The SMILES string of the molecule is CN(Cc1ccc(Br)o1)S(=O)(=O)c1cc(N)cc(Br)c1F. The van der Waals surface area contributed by atoms with Crippen LogP contribution < -0.4 is 5.73 Å². The van der Waals surface area contributed by atoms with Gasteiger partial charge >= 0.3 is 0 Å². The Hall–Kier alpha value is -0.900. The molecule has 1 aromatic heterocycles. The van der Waals surface area contributed by atoms with E-state index in [0.29, 0.717) is 10.4 Å². The van der Waals surface area contributed by atoms with Crippen LogP contribution in [0.2, 0.25) is 0 Å². The van der Waals surface area contributed by atoms with Gasteiger partial charge in [-0.2, -0.15) is 4.31 Å². The molecule has 2 aromatic rings. The van der Waals surface area contributed by atoms with Gasteiger partial charge in [-0.15, -0.1) is 0 Å². The molecule has 0 saturated heterocycles. The largest absolute Gasteiger partial charge is 0.453 e. The van der Waals surface area contributed by atoms with Crippen LogP contribution in [0.4, 0.5) is 10.1 Å². The Morgan fingerprint density at radius 1 is 1.33 bits per heavy atom. The molecule has 0 spiro atoms. The molecule has 0 radical (unpaired) electrons. The number of sulfonamides is 1. The molecule has 0 fully saturated rings. The van der Waals surface area contributed by atoms with Crippen LogP contribution in [0, 0.1) is 5.82 Å². The molecule has 2 N–H and O–H groups in total. The predicted octanol–water partition coefficient (Wildman–Crippen LogP) is 3.35. The molecule has 5 nitrogen and oxygen atoms in total. The number of hydrogen-bond donors (Lipinski definition) is 1. The molecule has 0 amide bonds. The summed E-state index contributed by atoms with van der Waals surface area (Å²) in [5, 5.41) is 0. The number of nitrogen functional groups attached to an aromatic ring is 1. The maximum absolute atomic E-state index is 14.0. The summed E-state index contributed by atoms with van der Waals surface area (Å²) in [6, 6.07) is 5.66. The van der Waals surface area contributed by atoms with Gasteiger partial charge in [-0.05, 0) is 56.1 Å². The van der Waals surface area contributed by atoms with E-state index in [1.165, 1.54) is 13.1 Å². The van der Waals surface area contributed by atoms with E-state index in [4.69, 9.17) is 10.2 Å². The maximum atomic E-state index is 14.0. The number of benzene rings is 1. The van der Waals surface area contributed by atoms with Gasteiger partial charge in [0.25, 0.3) is 0 Å². The lowest BCUT2D eigenvalue weighted by molar-refractivity contribution is 0.396. The van der Waals surface area contributed by atoms with E-state index >= 15 is 0 Å². The van der Waals surface area contributed by atoms with Crippen LogP contribution in [0.15, 0.2) is 42.7 Å². The van der Waals surface area contributed by atoms with Crippen LogP contribution in [-0.4, -0.2) is 19.8 Å². The second kappa shape index (κ2) is 6.07. The molecule has 1 aromatic carbocycles.